The number of nitrogens with one attached hydrogen (secondary N) is 1. The molecule has 1 N–H and O–H groups in total. The summed E-state index contributed by atoms with van der Waals surface area (Å²) in [6, 6.07) is 11.6. The molecule has 4 aromatic rings. The lowest BCUT2D eigenvalue weighted by Crippen LogP contribution is -2.10. The molecule has 188 valence electrons. The monoisotopic (exact) mass is 546 g/mol. The van der Waals surface area contributed by atoms with Gasteiger partial charge in [0.05, 0.1) is 36.8 Å². The third-order valence-electron chi connectivity index (χ3n) is 4.37. The number of ether oxygens (including phenoxy) is 3. The minimum Gasteiger partial charge on any atom is -0.609 e. The second-order valence-electron chi connectivity index (χ2n) is 6.54. The number of fused-ring (bicyclic) bond motifs is 1. The van der Waals surface area contributed by atoms with Crippen LogP contribution >= 0.6 is 24.0 Å². The highest BCUT2D eigenvalue weighted by Gasteiger charge is 2.22. The average molecular weight is 547 g/mol. The molecule has 3 aromatic heterocycles. The summed E-state index contributed by atoms with van der Waals surface area (Å²) in [6.07, 6.45) is 3.26. The minimum absolute atomic E-state index is 0. The van der Waals surface area contributed by atoms with Crippen molar-refractivity contribution >= 4 is 46.2 Å². The second kappa shape index (κ2) is 13.9. The van der Waals surface area contributed by atoms with Gasteiger partial charge >= 0.3 is 11.8 Å². The van der Waals surface area contributed by atoms with Crippen LogP contribution < -0.4 is 14.2 Å². The summed E-state index contributed by atoms with van der Waals surface area (Å²) in [4.78, 5) is 15.2. The number of pyridine rings is 2. The number of nitrogens with zero attached hydrogens (tertiary/aromatic N) is 3. The molecule has 0 saturated carbocycles. The van der Waals surface area contributed by atoms with Crippen molar-refractivity contribution < 1.29 is 27.5 Å². The summed E-state index contributed by atoms with van der Waals surface area (Å²) in [5, 5.41) is 0.195. The number of hydrogen-bond donors (Lipinski definition) is 1. The van der Waals surface area contributed by atoms with Gasteiger partial charge in [-0.05, 0) is 24.3 Å². The Bertz CT molecular complexity index is 1200. The zero-order valence-electron chi connectivity index (χ0n) is 18.6. The maximum atomic E-state index is 12.6. The van der Waals surface area contributed by atoms with Crippen LogP contribution in [0.15, 0.2) is 60.0 Å². The van der Waals surface area contributed by atoms with Gasteiger partial charge in [-0.2, -0.15) is 13.8 Å². The van der Waals surface area contributed by atoms with E-state index in [1.807, 2.05) is 18.2 Å². The maximum Gasteiger partial charge on any atom is 0.387 e. The molecule has 0 saturated heterocycles. The largest absolute Gasteiger partial charge is 0.609 e. The van der Waals surface area contributed by atoms with Gasteiger partial charge in [-0.3, -0.25) is 15.0 Å². The second-order valence-corrected chi connectivity index (χ2v) is 8.17. The molecule has 35 heavy (non-hydrogen) atoms. The lowest BCUT2D eigenvalue weighted by molar-refractivity contribution is -0.0497. The molecule has 0 aliphatic heterocycles. The van der Waals surface area contributed by atoms with Gasteiger partial charge in [-0.1, -0.05) is 6.07 Å². The topological polar surface area (TPSA) is 105 Å². The number of rotatable bonds is 8. The molecule has 1 unspecified atom stereocenters. The van der Waals surface area contributed by atoms with Crippen LogP contribution in [0.1, 0.15) is 11.4 Å². The molecule has 0 amide bonds. The van der Waals surface area contributed by atoms with E-state index in [0.717, 1.165) is 5.69 Å². The number of methoxy groups -OCH3 is 2. The van der Waals surface area contributed by atoms with E-state index in [1.54, 1.807) is 12.3 Å². The van der Waals surface area contributed by atoms with Gasteiger partial charge in [-0.15, -0.1) is 24.0 Å². The van der Waals surface area contributed by atoms with Crippen molar-refractivity contribution in [1.29, 1.82) is 0 Å². The van der Waals surface area contributed by atoms with E-state index >= 15 is 0 Å². The van der Waals surface area contributed by atoms with E-state index in [2.05, 4.69) is 24.7 Å². The van der Waals surface area contributed by atoms with Crippen LogP contribution in [0.25, 0.3) is 11.0 Å². The number of halogens is 4. The van der Waals surface area contributed by atoms with Crippen LogP contribution in [0, 0.1) is 0 Å². The van der Waals surface area contributed by atoms with E-state index in [4.69, 9.17) is 21.1 Å². The molecule has 8 nitrogen and oxygen atoms in total. The number of alkyl halides is 3. The number of aromatic nitrogens is 4. The van der Waals surface area contributed by atoms with Gasteiger partial charge in [0.25, 0.3) is 0 Å². The first-order valence-electron chi connectivity index (χ1n) is 9.79. The SMILES string of the molecule is COc1ccnc(C[S+]([O-])c2nc3ccc(OC(F)F)cc3[nH]2)c1OC.Cl.ClCc1ccccn1. The smallest absolute Gasteiger partial charge is 0.387 e. The van der Waals surface area contributed by atoms with Crippen LogP contribution in [0.3, 0.4) is 0 Å². The van der Waals surface area contributed by atoms with Gasteiger partial charge < -0.3 is 18.8 Å². The highest BCUT2D eigenvalue weighted by molar-refractivity contribution is 7.90. The fraction of sp³-hybridized carbons (Fsp3) is 0.227. The number of aromatic amines is 1. The third kappa shape index (κ3) is 7.82. The van der Waals surface area contributed by atoms with E-state index in [-0.39, 0.29) is 29.1 Å². The van der Waals surface area contributed by atoms with Gasteiger partial charge in [0, 0.05) is 35.7 Å². The van der Waals surface area contributed by atoms with Crippen molar-refractivity contribution in [3.8, 4) is 17.2 Å². The summed E-state index contributed by atoms with van der Waals surface area (Å²) in [6.45, 7) is -2.92. The number of H-pyrrole nitrogens is 1. The highest BCUT2D eigenvalue weighted by atomic mass is 35.5. The van der Waals surface area contributed by atoms with Crippen molar-refractivity contribution in [2.24, 2.45) is 0 Å². The molecule has 0 spiro atoms. The molecule has 0 radical (unpaired) electrons. The number of hydrogen-bond acceptors (Lipinski definition) is 7. The van der Waals surface area contributed by atoms with E-state index in [0.29, 0.717) is 34.1 Å². The summed E-state index contributed by atoms with van der Waals surface area (Å²) >= 11 is 3.90. The quantitative estimate of drug-likeness (QED) is 0.241. The first kappa shape index (κ1) is 28.4. The van der Waals surface area contributed by atoms with Gasteiger partial charge in [0.2, 0.25) is 0 Å². The average Bonchev–Trinajstić information content (AvgIpc) is 3.28. The summed E-state index contributed by atoms with van der Waals surface area (Å²) in [7, 11) is 2.97. The summed E-state index contributed by atoms with van der Waals surface area (Å²) in [5.41, 5.74) is 2.30. The Hall–Kier alpha value is -2.86. The predicted octanol–water partition coefficient (Wildman–Crippen LogP) is 5.13. The molecule has 0 fully saturated rings. The summed E-state index contributed by atoms with van der Waals surface area (Å²) in [5.74, 6) is 1.41. The number of benzene rings is 1. The Labute approximate surface area is 214 Å². The molecule has 13 heteroatoms. The molecule has 0 bridgehead atoms. The van der Waals surface area contributed by atoms with E-state index < -0.39 is 17.8 Å². The minimum atomic E-state index is -2.92. The van der Waals surface area contributed by atoms with Crippen molar-refractivity contribution in [1.82, 2.24) is 19.9 Å². The maximum absolute atomic E-state index is 12.6. The van der Waals surface area contributed by atoms with E-state index in [1.165, 1.54) is 38.6 Å². The molecule has 1 aromatic carbocycles. The Morgan fingerprint density at radius 1 is 1.09 bits per heavy atom. The van der Waals surface area contributed by atoms with Crippen LogP contribution in [0.2, 0.25) is 0 Å². The van der Waals surface area contributed by atoms with Crippen molar-refractivity contribution in [3.05, 3.63) is 66.2 Å². The molecular weight excluding hydrogens is 525 g/mol. The summed E-state index contributed by atoms with van der Waals surface area (Å²) < 4.78 is 52.1. The third-order valence-corrected chi connectivity index (χ3v) is 5.80. The van der Waals surface area contributed by atoms with Crippen LogP contribution in [-0.2, 0) is 22.8 Å². The Kier molecular flexibility index (Phi) is 11.3. The van der Waals surface area contributed by atoms with Crippen molar-refractivity contribution in [3.63, 3.8) is 0 Å². The van der Waals surface area contributed by atoms with Gasteiger partial charge in [-0.25, -0.2) is 0 Å². The lowest BCUT2D eigenvalue weighted by atomic mass is 10.3. The van der Waals surface area contributed by atoms with E-state index in [9.17, 15) is 13.3 Å². The zero-order chi connectivity index (χ0) is 24.5. The standard InChI is InChI=1S/C16H15F2N3O4S.C6H6ClN.ClH/c1-23-13-5-6-19-12(14(13)24-2)8-26(22)16-20-10-4-3-9(25-15(17)18)7-11(10)21-16;7-5-6-3-1-2-4-8-6;/h3-7,15H,8H2,1-2H3,(H,20,21);1-4H,5H2;1H. The molecule has 0 aliphatic rings. The molecule has 3 heterocycles. The lowest BCUT2D eigenvalue weighted by Gasteiger charge is -2.12. The molecular formula is C22H22Cl2F2N4O4S. The van der Waals surface area contributed by atoms with Crippen molar-refractivity contribution in [2.45, 2.75) is 23.4 Å². The van der Waals surface area contributed by atoms with Gasteiger partial charge in [0.15, 0.2) is 17.3 Å². The Balaban J connectivity index is 0.000000409. The first-order valence-corrected chi connectivity index (χ1v) is 11.6. The van der Waals surface area contributed by atoms with Crippen LogP contribution in [0.5, 0.6) is 17.2 Å². The van der Waals surface area contributed by atoms with Gasteiger partial charge in [0.1, 0.15) is 11.4 Å². The predicted molar refractivity (Wildman–Crippen MR) is 131 cm³/mol. The Morgan fingerprint density at radius 3 is 2.49 bits per heavy atom. The van der Waals surface area contributed by atoms with Crippen LogP contribution in [0.4, 0.5) is 8.78 Å². The highest BCUT2D eigenvalue weighted by Crippen LogP contribution is 2.31. The molecule has 0 aliphatic carbocycles. The number of imidazole rings is 1. The zero-order valence-corrected chi connectivity index (χ0v) is 21.0. The Morgan fingerprint density at radius 2 is 1.89 bits per heavy atom. The fourth-order valence-corrected chi connectivity index (χ4v) is 4.05. The first-order chi connectivity index (χ1) is 16.4. The molecule has 4 rings (SSSR count). The normalized spacial score (nSPS) is 11.3. The van der Waals surface area contributed by atoms with Crippen LogP contribution in [-0.4, -0.2) is 45.3 Å². The van der Waals surface area contributed by atoms with Crippen molar-refractivity contribution in [2.75, 3.05) is 14.2 Å². The fourth-order valence-electron chi connectivity index (χ4n) is 2.87. The molecule has 1 atom stereocenters.